The minimum absolute atomic E-state index is 0.00453. The monoisotopic (exact) mass is 269 g/mol. The second-order valence-corrected chi connectivity index (χ2v) is 4.09. The molecule has 0 aliphatic heterocycles. The molecule has 0 aliphatic rings. The maximum atomic E-state index is 13.4. The molecule has 3 nitrogen and oxygen atoms in total. The zero-order chi connectivity index (χ0) is 14.5. The Bertz CT molecular complexity index is 672. The van der Waals surface area contributed by atoms with Gasteiger partial charge in [-0.3, -0.25) is 4.79 Å². The molecule has 0 atom stereocenters. The molecule has 0 aromatic heterocycles. The van der Waals surface area contributed by atoms with Crippen LogP contribution in [0.25, 0.3) is 6.08 Å². The van der Waals surface area contributed by atoms with Crippen molar-refractivity contribution in [2.75, 3.05) is 0 Å². The van der Waals surface area contributed by atoms with Gasteiger partial charge in [0.1, 0.15) is 5.82 Å². The normalized spacial score (nSPS) is 10.7. The number of allylic oxidation sites excluding steroid dienone is 1. The van der Waals surface area contributed by atoms with Crippen LogP contribution in [-0.4, -0.2) is 11.8 Å². The number of ketones is 1. The molecular formula is C16H10FO3-. The quantitative estimate of drug-likeness (QED) is 0.630. The lowest BCUT2D eigenvalue weighted by molar-refractivity contribution is -0.255. The lowest BCUT2D eigenvalue weighted by atomic mass is 10.1. The summed E-state index contributed by atoms with van der Waals surface area (Å²) in [6, 6.07) is 11.5. The molecule has 0 heterocycles. The summed E-state index contributed by atoms with van der Waals surface area (Å²) in [5.74, 6) is -2.29. The fourth-order valence-corrected chi connectivity index (χ4v) is 1.65. The van der Waals surface area contributed by atoms with Gasteiger partial charge in [-0.1, -0.05) is 42.5 Å². The van der Waals surface area contributed by atoms with Crippen molar-refractivity contribution in [1.29, 1.82) is 0 Å². The zero-order valence-electron chi connectivity index (χ0n) is 10.4. The van der Waals surface area contributed by atoms with Crippen molar-refractivity contribution in [2.45, 2.75) is 0 Å². The molecule has 0 unspecified atom stereocenters. The van der Waals surface area contributed by atoms with E-state index in [2.05, 4.69) is 0 Å². The number of carboxylic acid groups (broad SMARTS) is 1. The summed E-state index contributed by atoms with van der Waals surface area (Å²) in [5, 5.41) is 10.6. The summed E-state index contributed by atoms with van der Waals surface area (Å²) in [5.41, 5.74) is 0.692. The maximum absolute atomic E-state index is 13.4. The first-order valence-electron chi connectivity index (χ1n) is 5.86. The molecule has 0 fully saturated rings. The van der Waals surface area contributed by atoms with Gasteiger partial charge in [0.25, 0.3) is 0 Å². The Labute approximate surface area is 115 Å². The predicted molar refractivity (Wildman–Crippen MR) is 70.5 cm³/mol. The van der Waals surface area contributed by atoms with E-state index in [0.29, 0.717) is 5.56 Å². The minimum Gasteiger partial charge on any atom is -0.545 e. The Hall–Kier alpha value is -2.75. The van der Waals surface area contributed by atoms with Crippen molar-refractivity contribution < 1.29 is 19.1 Å². The lowest BCUT2D eigenvalue weighted by Gasteiger charge is -2.01. The number of carbonyl (C=O) groups excluding carboxylic acids is 2. The molecule has 0 saturated heterocycles. The SMILES string of the molecule is O=C([O-])c1ccc(/C=C/C(=O)c2ccccc2F)cc1. The summed E-state index contributed by atoms with van der Waals surface area (Å²) < 4.78 is 13.4. The number of benzene rings is 2. The molecule has 0 saturated carbocycles. The zero-order valence-corrected chi connectivity index (χ0v) is 10.4. The first-order valence-corrected chi connectivity index (χ1v) is 5.86. The highest BCUT2D eigenvalue weighted by Crippen LogP contribution is 2.10. The Morgan fingerprint density at radius 2 is 1.65 bits per heavy atom. The standard InChI is InChI=1S/C16H11FO3/c17-14-4-2-1-3-13(14)15(18)10-7-11-5-8-12(9-6-11)16(19)20/h1-10H,(H,19,20)/p-1/b10-7+. The minimum atomic E-state index is -1.26. The molecule has 0 bridgehead atoms. The molecule has 20 heavy (non-hydrogen) atoms. The van der Waals surface area contributed by atoms with Crippen LogP contribution in [0.15, 0.2) is 54.6 Å². The largest absolute Gasteiger partial charge is 0.545 e. The molecule has 2 rings (SSSR count). The first-order chi connectivity index (χ1) is 9.58. The average Bonchev–Trinajstić information content (AvgIpc) is 2.45. The van der Waals surface area contributed by atoms with Gasteiger partial charge in [-0.2, -0.15) is 0 Å². The smallest absolute Gasteiger partial charge is 0.188 e. The molecule has 2 aromatic carbocycles. The van der Waals surface area contributed by atoms with Crippen molar-refractivity contribution >= 4 is 17.8 Å². The third-order valence-electron chi connectivity index (χ3n) is 2.71. The Morgan fingerprint density at radius 1 is 1.00 bits per heavy atom. The van der Waals surface area contributed by atoms with Gasteiger partial charge >= 0.3 is 0 Å². The van der Waals surface area contributed by atoms with Crippen molar-refractivity contribution in [3.63, 3.8) is 0 Å². The summed E-state index contributed by atoms with van der Waals surface area (Å²) >= 11 is 0. The van der Waals surface area contributed by atoms with Gasteiger partial charge in [0.2, 0.25) is 0 Å². The number of hydrogen-bond acceptors (Lipinski definition) is 3. The molecule has 4 heteroatoms. The average molecular weight is 269 g/mol. The Kier molecular flexibility index (Phi) is 4.05. The number of carboxylic acids is 1. The third-order valence-corrected chi connectivity index (χ3v) is 2.71. The van der Waals surface area contributed by atoms with Gasteiger partial charge in [-0.15, -0.1) is 0 Å². The molecule has 0 aliphatic carbocycles. The van der Waals surface area contributed by atoms with Gasteiger partial charge in [0.05, 0.1) is 11.5 Å². The van der Waals surface area contributed by atoms with E-state index in [9.17, 15) is 19.1 Å². The summed E-state index contributed by atoms with van der Waals surface area (Å²) in [4.78, 5) is 22.4. The van der Waals surface area contributed by atoms with E-state index in [-0.39, 0.29) is 11.1 Å². The first kappa shape index (κ1) is 13.7. The van der Waals surface area contributed by atoms with Gasteiger partial charge in [-0.25, -0.2) is 4.39 Å². The lowest BCUT2D eigenvalue weighted by Crippen LogP contribution is -2.21. The van der Waals surface area contributed by atoms with Crippen LogP contribution in [0.5, 0.6) is 0 Å². The topological polar surface area (TPSA) is 57.2 Å². The van der Waals surface area contributed by atoms with E-state index >= 15 is 0 Å². The van der Waals surface area contributed by atoms with Crippen molar-refractivity contribution in [3.05, 3.63) is 77.1 Å². The van der Waals surface area contributed by atoms with Crippen molar-refractivity contribution in [2.24, 2.45) is 0 Å². The third kappa shape index (κ3) is 3.17. The molecule has 0 radical (unpaired) electrons. The van der Waals surface area contributed by atoms with E-state index in [0.717, 1.165) is 0 Å². The van der Waals surface area contributed by atoms with E-state index in [1.54, 1.807) is 6.07 Å². The molecule has 100 valence electrons. The molecule has 0 spiro atoms. The van der Waals surface area contributed by atoms with Crippen LogP contribution in [0, 0.1) is 5.82 Å². The second kappa shape index (κ2) is 5.93. The molecule has 2 aromatic rings. The summed E-state index contributed by atoms with van der Waals surface area (Å²) in [6.45, 7) is 0. The van der Waals surface area contributed by atoms with E-state index < -0.39 is 17.6 Å². The Balaban J connectivity index is 2.15. The highest BCUT2D eigenvalue weighted by Gasteiger charge is 2.06. The van der Waals surface area contributed by atoms with Gasteiger partial charge in [0, 0.05) is 0 Å². The fourth-order valence-electron chi connectivity index (χ4n) is 1.65. The number of hydrogen-bond donors (Lipinski definition) is 0. The van der Waals surface area contributed by atoms with E-state index in [4.69, 9.17) is 0 Å². The molecule has 0 N–H and O–H groups in total. The highest BCUT2D eigenvalue weighted by atomic mass is 19.1. The Morgan fingerprint density at radius 3 is 2.25 bits per heavy atom. The number of carbonyl (C=O) groups is 2. The van der Waals surface area contributed by atoms with Crippen LogP contribution in [-0.2, 0) is 0 Å². The van der Waals surface area contributed by atoms with Crippen LogP contribution in [0.4, 0.5) is 4.39 Å². The van der Waals surface area contributed by atoms with E-state index in [1.165, 1.54) is 54.6 Å². The summed E-state index contributed by atoms with van der Waals surface area (Å²) in [7, 11) is 0. The van der Waals surface area contributed by atoms with Gasteiger partial charge < -0.3 is 9.90 Å². The molecule has 0 amide bonds. The number of rotatable bonds is 4. The maximum Gasteiger partial charge on any atom is 0.188 e. The fraction of sp³-hybridized carbons (Fsp3) is 0. The summed E-state index contributed by atoms with van der Waals surface area (Å²) in [6.07, 6.45) is 2.74. The highest BCUT2D eigenvalue weighted by molar-refractivity contribution is 6.07. The van der Waals surface area contributed by atoms with Crippen LogP contribution >= 0.6 is 0 Å². The van der Waals surface area contributed by atoms with Crippen LogP contribution in [0.3, 0.4) is 0 Å². The number of halogens is 1. The predicted octanol–water partition coefficient (Wildman–Crippen LogP) is 2.09. The van der Waals surface area contributed by atoms with Crippen molar-refractivity contribution in [3.8, 4) is 0 Å². The van der Waals surface area contributed by atoms with Crippen LogP contribution in [0.2, 0.25) is 0 Å². The van der Waals surface area contributed by atoms with Crippen LogP contribution < -0.4 is 5.11 Å². The molecular weight excluding hydrogens is 259 g/mol. The van der Waals surface area contributed by atoms with E-state index in [1.807, 2.05) is 0 Å². The van der Waals surface area contributed by atoms with Gasteiger partial charge in [0.15, 0.2) is 5.78 Å². The van der Waals surface area contributed by atoms with Crippen molar-refractivity contribution in [1.82, 2.24) is 0 Å². The van der Waals surface area contributed by atoms with Crippen LogP contribution in [0.1, 0.15) is 26.3 Å². The second-order valence-electron chi connectivity index (χ2n) is 4.09. The number of aromatic carboxylic acids is 1. The van der Waals surface area contributed by atoms with Gasteiger partial charge in [-0.05, 0) is 29.3 Å².